The van der Waals surface area contributed by atoms with Crippen molar-refractivity contribution in [3.63, 3.8) is 0 Å². The maximum absolute atomic E-state index is 2.73. The standard InChI is InChI=1S/C13H27N3/c1-4-15-7-5-13(6-8-15)16-10-9-14(3)12(2)11-16/h12-13H,4-11H2,1-3H3/t12-/m1/s1. The van der Waals surface area contributed by atoms with Crippen LogP contribution < -0.4 is 0 Å². The molecule has 2 aliphatic rings. The summed E-state index contributed by atoms with van der Waals surface area (Å²) < 4.78 is 0. The lowest BCUT2D eigenvalue weighted by atomic mass is 10.0. The van der Waals surface area contributed by atoms with Crippen LogP contribution in [-0.2, 0) is 0 Å². The third-order valence-electron chi connectivity index (χ3n) is 4.51. The molecule has 2 saturated heterocycles. The Labute approximate surface area is 100 Å². The fourth-order valence-corrected chi connectivity index (χ4v) is 3.01. The van der Waals surface area contributed by atoms with Gasteiger partial charge in [-0.05, 0) is 46.4 Å². The Kier molecular flexibility index (Phi) is 4.22. The quantitative estimate of drug-likeness (QED) is 0.697. The molecule has 3 nitrogen and oxygen atoms in total. The summed E-state index contributed by atoms with van der Waals surface area (Å²) in [7, 11) is 2.25. The first kappa shape index (κ1) is 12.3. The van der Waals surface area contributed by atoms with Gasteiger partial charge in [0.25, 0.3) is 0 Å². The molecule has 0 aromatic heterocycles. The van der Waals surface area contributed by atoms with Crippen LogP contribution in [0.1, 0.15) is 26.7 Å². The molecular weight excluding hydrogens is 198 g/mol. The van der Waals surface area contributed by atoms with Gasteiger partial charge in [-0.1, -0.05) is 6.92 Å². The van der Waals surface area contributed by atoms with Crippen LogP contribution in [0, 0.1) is 0 Å². The number of nitrogens with zero attached hydrogens (tertiary/aromatic N) is 3. The second kappa shape index (κ2) is 5.48. The summed E-state index contributed by atoms with van der Waals surface area (Å²) in [6.45, 7) is 12.3. The van der Waals surface area contributed by atoms with Crippen LogP contribution >= 0.6 is 0 Å². The van der Waals surface area contributed by atoms with E-state index in [4.69, 9.17) is 0 Å². The zero-order chi connectivity index (χ0) is 11.5. The Morgan fingerprint density at radius 2 is 1.75 bits per heavy atom. The van der Waals surface area contributed by atoms with Crippen molar-refractivity contribution in [1.29, 1.82) is 0 Å². The van der Waals surface area contributed by atoms with Crippen LogP contribution in [0.25, 0.3) is 0 Å². The SMILES string of the molecule is CCN1CCC(N2CCN(C)[C@H](C)C2)CC1. The summed E-state index contributed by atoms with van der Waals surface area (Å²) in [5.41, 5.74) is 0. The largest absolute Gasteiger partial charge is 0.303 e. The fourth-order valence-electron chi connectivity index (χ4n) is 3.01. The molecule has 3 heteroatoms. The first-order chi connectivity index (χ1) is 7.70. The first-order valence-corrected chi connectivity index (χ1v) is 6.87. The minimum Gasteiger partial charge on any atom is -0.303 e. The summed E-state index contributed by atoms with van der Waals surface area (Å²) in [6.07, 6.45) is 2.76. The maximum atomic E-state index is 2.73. The smallest absolute Gasteiger partial charge is 0.0192 e. The van der Waals surface area contributed by atoms with E-state index >= 15 is 0 Å². The fraction of sp³-hybridized carbons (Fsp3) is 1.00. The number of likely N-dealkylation sites (N-methyl/N-ethyl adjacent to an activating group) is 1. The number of likely N-dealkylation sites (tertiary alicyclic amines) is 1. The van der Waals surface area contributed by atoms with Crippen molar-refractivity contribution >= 4 is 0 Å². The third-order valence-corrected chi connectivity index (χ3v) is 4.51. The lowest BCUT2D eigenvalue weighted by molar-refractivity contribution is 0.0431. The van der Waals surface area contributed by atoms with Crippen LogP contribution in [0.2, 0.25) is 0 Å². The zero-order valence-electron chi connectivity index (χ0n) is 11.2. The van der Waals surface area contributed by atoms with Gasteiger partial charge in [-0.15, -0.1) is 0 Å². The molecule has 0 amide bonds. The molecule has 1 atom stereocenters. The van der Waals surface area contributed by atoms with E-state index in [-0.39, 0.29) is 0 Å². The molecule has 2 rings (SSSR count). The summed E-state index contributed by atoms with van der Waals surface area (Å²) in [6, 6.07) is 1.59. The van der Waals surface area contributed by atoms with E-state index in [1.807, 2.05) is 0 Å². The highest BCUT2D eigenvalue weighted by Gasteiger charge is 2.28. The van der Waals surface area contributed by atoms with E-state index in [1.165, 1.54) is 52.1 Å². The average Bonchev–Trinajstić information content (AvgIpc) is 2.33. The summed E-state index contributed by atoms with van der Waals surface area (Å²) >= 11 is 0. The lowest BCUT2D eigenvalue weighted by Crippen LogP contribution is -2.55. The van der Waals surface area contributed by atoms with Crippen LogP contribution in [0.15, 0.2) is 0 Å². The van der Waals surface area contributed by atoms with Gasteiger partial charge in [0.2, 0.25) is 0 Å². The normalized spacial score (nSPS) is 32.1. The van der Waals surface area contributed by atoms with Gasteiger partial charge in [0.1, 0.15) is 0 Å². The van der Waals surface area contributed by atoms with Crippen LogP contribution in [0.5, 0.6) is 0 Å². The molecule has 0 saturated carbocycles. The molecule has 0 aliphatic carbocycles. The second-order valence-corrected chi connectivity index (χ2v) is 5.49. The molecule has 0 spiro atoms. The monoisotopic (exact) mass is 225 g/mol. The zero-order valence-corrected chi connectivity index (χ0v) is 11.2. The molecule has 94 valence electrons. The minimum atomic E-state index is 0.734. The van der Waals surface area contributed by atoms with Crippen molar-refractivity contribution in [3.05, 3.63) is 0 Å². The van der Waals surface area contributed by atoms with Crippen molar-refractivity contribution in [2.24, 2.45) is 0 Å². The van der Waals surface area contributed by atoms with Crippen LogP contribution in [0.3, 0.4) is 0 Å². The number of hydrogen-bond acceptors (Lipinski definition) is 3. The van der Waals surface area contributed by atoms with E-state index in [0.29, 0.717) is 0 Å². The van der Waals surface area contributed by atoms with Crippen LogP contribution in [0.4, 0.5) is 0 Å². The van der Waals surface area contributed by atoms with Gasteiger partial charge in [0.05, 0.1) is 0 Å². The molecular formula is C13H27N3. The van der Waals surface area contributed by atoms with Crippen molar-refractivity contribution in [2.75, 3.05) is 46.3 Å². The average molecular weight is 225 g/mol. The van der Waals surface area contributed by atoms with Gasteiger partial charge in [-0.2, -0.15) is 0 Å². The van der Waals surface area contributed by atoms with E-state index in [1.54, 1.807) is 0 Å². The van der Waals surface area contributed by atoms with Crippen molar-refractivity contribution in [1.82, 2.24) is 14.7 Å². The lowest BCUT2D eigenvalue weighted by Gasteiger charge is -2.44. The van der Waals surface area contributed by atoms with Gasteiger partial charge in [0.15, 0.2) is 0 Å². The summed E-state index contributed by atoms with van der Waals surface area (Å²) in [4.78, 5) is 7.80. The number of piperazine rings is 1. The minimum absolute atomic E-state index is 0.734. The molecule has 2 aliphatic heterocycles. The number of rotatable bonds is 2. The topological polar surface area (TPSA) is 9.72 Å². The van der Waals surface area contributed by atoms with Gasteiger partial charge in [-0.3, -0.25) is 4.90 Å². The molecule has 0 aromatic carbocycles. The summed E-state index contributed by atoms with van der Waals surface area (Å²) in [5.74, 6) is 0. The van der Waals surface area contributed by atoms with Crippen molar-refractivity contribution in [2.45, 2.75) is 38.8 Å². The molecule has 0 unspecified atom stereocenters. The Bertz CT molecular complexity index is 211. The van der Waals surface area contributed by atoms with E-state index in [2.05, 4.69) is 35.6 Å². The van der Waals surface area contributed by atoms with Crippen LogP contribution in [-0.4, -0.2) is 73.1 Å². The number of hydrogen-bond donors (Lipinski definition) is 0. The predicted octanol–water partition coefficient (Wildman–Crippen LogP) is 1.11. The van der Waals surface area contributed by atoms with Gasteiger partial charge < -0.3 is 9.80 Å². The first-order valence-electron chi connectivity index (χ1n) is 6.87. The molecule has 16 heavy (non-hydrogen) atoms. The highest BCUT2D eigenvalue weighted by molar-refractivity contribution is 4.85. The summed E-state index contributed by atoms with van der Waals surface area (Å²) in [5, 5.41) is 0. The van der Waals surface area contributed by atoms with Gasteiger partial charge in [0, 0.05) is 31.7 Å². The molecule has 2 fully saturated rings. The van der Waals surface area contributed by atoms with E-state index in [0.717, 1.165) is 12.1 Å². The second-order valence-electron chi connectivity index (χ2n) is 5.49. The molecule has 0 aromatic rings. The Hall–Kier alpha value is -0.120. The highest BCUT2D eigenvalue weighted by atomic mass is 15.3. The van der Waals surface area contributed by atoms with Crippen molar-refractivity contribution < 1.29 is 0 Å². The molecule has 0 radical (unpaired) electrons. The molecule has 0 N–H and O–H groups in total. The Balaban J connectivity index is 1.81. The highest BCUT2D eigenvalue weighted by Crippen LogP contribution is 2.19. The third kappa shape index (κ3) is 2.76. The van der Waals surface area contributed by atoms with Gasteiger partial charge in [-0.25, -0.2) is 0 Å². The van der Waals surface area contributed by atoms with Crippen molar-refractivity contribution in [3.8, 4) is 0 Å². The maximum Gasteiger partial charge on any atom is 0.0192 e. The predicted molar refractivity (Wildman–Crippen MR) is 68.8 cm³/mol. The molecule has 2 heterocycles. The number of piperidine rings is 1. The van der Waals surface area contributed by atoms with E-state index < -0.39 is 0 Å². The Morgan fingerprint density at radius 3 is 2.31 bits per heavy atom. The van der Waals surface area contributed by atoms with Gasteiger partial charge >= 0.3 is 0 Å². The van der Waals surface area contributed by atoms with E-state index in [9.17, 15) is 0 Å². The Morgan fingerprint density at radius 1 is 1.06 bits per heavy atom. The molecule has 0 bridgehead atoms.